The van der Waals surface area contributed by atoms with Gasteiger partial charge in [0.1, 0.15) is 0 Å². The van der Waals surface area contributed by atoms with Crippen molar-refractivity contribution >= 4 is 27.5 Å². The van der Waals surface area contributed by atoms with Gasteiger partial charge in [0.25, 0.3) is 0 Å². The van der Waals surface area contributed by atoms with Crippen LogP contribution in [0, 0.1) is 18.3 Å². The number of amides is 1. The fourth-order valence-corrected chi connectivity index (χ4v) is 2.68. The number of aryl methyl sites for hydroxylation is 1. The number of hydrogen-bond donors (Lipinski definition) is 2. The summed E-state index contributed by atoms with van der Waals surface area (Å²) in [7, 11) is 0. The van der Waals surface area contributed by atoms with Crippen molar-refractivity contribution in [2.45, 2.75) is 34.1 Å². The van der Waals surface area contributed by atoms with Crippen molar-refractivity contribution in [1.82, 2.24) is 0 Å². The molecule has 1 amide bonds. The fourth-order valence-electron chi connectivity index (χ4n) is 2.08. The second-order valence-electron chi connectivity index (χ2n) is 6.20. The third-order valence-corrected chi connectivity index (χ3v) is 3.28. The van der Waals surface area contributed by atoms with Crippen molar-refractivity contribution in [2.24, 2.45) is 17.1 Å². The van der Waals surface area contributed by atoms with Crippen LogP contribution in [-0.4, -0.2) is 12.5 Å². The maximum absolute atomic E-state index is 12.2. The number of hydrogen-bond acceptors (Lipinski definition) is 2. The summed E-state index contributed by atoms with van der Waals surface area (Å²) in [6.07, 6.45) is 0.780. The fraction of sp³-hybridized carbons (Fsp3) is 0.533. The molecule has 0 saturated heterocycles. The van der Waals surface area contributed by atoms with Gasteiger partial charge < -0.3 is 11.1 Å². The maximum Gasteiger partial charge on any atom is 0.228 e. The zero-order valence-corrected chi connectivity index (χ0v) is 13.7. The van der Waals surface area contributed by atoms with Gasteiger partial charge in [-0.15, -0.1) is 0 Å². The summed E-state index contributed by atoms with van der Waals surface area (Å²) in [6, 6.07) is 5.86. The first-order chi connectivity index (χ1) is 8.71. The number of anilines is 1. The van der Waals surface area contributed by atoms with Crippen molar-refractivity contribution in [1.29, 1.82) is 0 Å². The van der Waals surface area contributed by atoms with Gasteiger partial charge in [0.2, 0.25) is 5.91 Å². The monoisotopic (exact) mass is 326 g/mol. The molecule has 4 heteroatoms. The molecule has 0 saturated carbocycles. The SMILES string of the molecule is Cc1cc(Br)cc(NC(=O)C(CN)CC(C)(C)C)c1. The summed E-state index contributed by atoms with van der Waals surface area (Å²) in [5, 5.41) is 2.95. The van der Waals surface area contributed by atoms with Crippen molar-refractivity contribution in [3.05, 3.63) is 28.2 Å². The molecule has 0 bridgehead atoms. The summed E-state index contributed by atoms with van der Waals surface area (Å²) in [6.45, 7) is 8.72. The van der Waals surface area contributed by atoms with E-state index in [1.165, 1.54) is 0 Å². The van der Waals surface area contributed by atoms with Crippen LogP contribution < -0.4 is 11.1 Å². The van der Waals surface area contributed by atoms with Gasteiger partial charge in [-0.2, -0.15) is 0 Å². The van der Waals surface area contributed by atoms with Crippen LogP contribution in [0.15, 0.2) is 22.7 Å². The second kappa shape index (κ2) is 6.53. The molecule has 1 rings (SSSR count). The van der Waals surface area contributed by atoms with E-state index in [0.29, 0.717) is 6.54 Å². The molecule has 1 unspecified atom stereocenters. The number of nitrogens with two attached hydrogens (primary N) is 1. The minimum Gasteiger partial charge on any atom is -0.330 e. The zero-order valence-electron chi connectivity index (χ0n) is 12.1. The summed E-state index contributed by atoms with van der Waals surface area (Å²) in [4.78, 5) is 12.2. The number of benzene rings is 1. The topological polar surface area (TPSA) is 55.1 Å². The Morgan fingerprint density at radius 2 is 2.00 bits per heavy atom. The molecule has 0 radical (unpaired) electrons. The summed E-state index contributed by atoms with van der Waals surface area (Å²) in [5.74, 6) is -0.158. The van der Waals surface area contributed by atoms with Crippen molar-refractivity contribution in [3.63, 3.8) is 0 Å². The van der Waals surface area contributed by atoms with E-state index in [1.807, 2.05) is 25.1 Å². The molecule has 0 aliphatic carbocycles. The standard InChI is InChI=1S/C15H23BrN2O/c1-10-5-12(16)7-13(6-10)18-14(19)11(9-17)8-15(2,3)4/h5-7,11H,8-9,17H2,1-4H3,(H,18,19). The molecular weight excluding hydrogens is 304 g/mol. The van der Waals surface area contributed by atoms with Gasteiger partial charge >= 0.3 is 0 Å². The Bertz CT molecular complexity index is 432. The summed E-state index contributed by atoms with van der Waals surface area (Å²) >= 11 is 3.43. The van der Waals surface area contributed by atoms with Gasteiger partial charge in [-0.1, -0.05) is 36.7 Å². The molecule has 19 heavy (non-hydrogen) atoms. The molecule has 1 atom stereocenters. The van der Waals surface area contributed by atoms with E-state index < -0.39 is 0 Å². The smallest absolute Gasteiger partial charge is 0.228 e. The molecule has 0 fully saturated rings. The minimum atomic E-state index is -0.153. The lowest BCUT2D eigenvalue weighted by molar-refractivity contribution is -0.120. The molecule has 1 aromatic carbocycles. The molecule has 3 nitrogen and oxygen atoms in total. The summed E-state index contributed by atoms with van der Waals surface area (Å²) in [5.41, 5.74) is 7.73. The largest absolute Gasteiger partial charge is 0.330 e. The Kier molecular flexibility index (Phi) is 5.56. The third kappa shape index (κ3) is 5.74. The molecule has 0 spiro atoms. The Morgan fingerprint density at radius 3 is 2.47 bits per heavy atom. The van der Waals surface area contributed by atoms with E-state index >= 15 is 0 Å². The molecule has 0 aromatic heterocycles. The molecule has 0 heterocycles. The third-order valence-electron chi connectivity index (χ3n) is 2.82. The number of halogens is 1. The Labute approximate surface area is 124 Å². The van der Waals surface area contributed by atoms with Gasteiger partial charge in [-0.3, -0.25) is 4.79 Å². The first kappa shape index (κ1) is 16.2. The lowest BCUT2D eigenvalue weighted by atomic mass is 9.84. The van der Waals surface area contributed by atoms with Gasteiger partial charge in [-0.05, 0) is 42.5 Å². The van der Waals surface area contributed by atoms with Crippen LogP contribution in [0.25, 0.3) is 0 Å². The number of rotatable bonds is 4. The minimum absolute atomic E-state index is 0.00470. The Balaban J connectivity index is 2.77. The number of nitrogens with one attached hydrogen (secondary N) is 1. The quantitative estimate of drug-likeness (QED) is 0.886. The highest BCUT2D eigenvalue weighted by Crippen LogP contribution is 2.25. The predicted molar refractivity (Wildman–Crippen MR) is 84.1 cm³/mol. The lowest BCUT2D eigenvalue weighted by Gasteiger charge is -2.24. The number of carbonyl (C=O) groups is 1. The lowest BCUT2D eigenvalue weighted by Crippen LogP contribution is -2.32. The molecule has 1 aromatic rings. The first-order valence-corrected chi connectivity index (χ1v) is 7.29. The van der Waals surface area contributed by atoms with Gasteiger partial charge in [-0.25, -0.2) is 0 Å². The molecule has 0 aliphatic rings. The highest BCUT2D eigenvalue weighted by molar-refractivity contribution is 9.10. The highest BCUT2D eigenvalue weighted by Gasteiger charge is 2.23. The van der Waals surface area contributed by atoms with E-state index in [0.717, 1.165) is 22.1 Å². The average Bonchev–Trinajstić information content (AvgIpc) is 2.22. The predicted octanol–water partition coefficient (Wildman–Crippen LogP) is 3.71. The van der Waals surface area contributed by atoms with Crippen molar-refractivity contribution in [2.75, 3.05) is 11.9 Å². The molecule has 106 valence electrons. The van der Waals surface area contributed by atoms with Gasteiger partial charge in [0.05, 0.1) is 5.92 Å². The second-order valence-corrected chi connectivity index (χ2v) is 7.12. The zero-order chi connectivity index (χ0) is 14.6. The van der Waals surface area contributed by atoms with E-state index in [9.17, 15) is 4.79 Å². The molecule has 0 aliphatic heterocycles. The Morgan fingerprint density at radius 1 is 1.37 bits per heavy atom. The molecular formula is C15H23BrN2O. The van der Waals surface area contributed by atoms with Crippen LogP contribution in [0.3, 0.4) is 0 Å². The summed E-state index contributed by atoms with van der Waals surface area (Å²) < 4.78 is 0.961. The Hall–Kier alpha value is -0.870. The van der Waals surface area contributed by atoms with Crippen LogP contribution in [0.1, 0.15) is 32.8 Å². The van der Waals surface area contributed by atoms with Crippen LogP contribution >= 0.6 is 15.9 Å². The van der Waals surface area contributed by atoms with Crippen molar-refractivity contribution < 1.29 is 4.79 Å². The van der Waals surface area contributed by atoms with Gasteiger partial charge in [0.15, 0.2) is 0 Å². The van der Waals surface area contributed by atoms with Crippen LogP contribution in [0.4, 0.5) is 5.69 Å². The first-order valence-electron chi connectivity index (χ1n) is 6.49. The maximum atomic E-state index is 12.2. The van der Waals surface area contributed by atoms with E-state index in [4.69, 9.17) is 5.73 Å². The van der Waals surface area contributed by atoms with Crippen molar-refractivity contribution in [3.8, 4) is 0 Å². The van der Waals surface area contributed by atoms with E-state index in [-0.39, 0.29) is 17.2 Å². The normalized spacial score (nSPS) is 13.2. The molecule has 3 N–H and O–H groups in total. The van der Waals surface area contributed by atoms with Crippen LogP contribution in [0.5, 0.6) is 0 Å². The van der Waals surface area contributed by atoms with E-state index in [2.05, 4.69) is 42.0 Å². The number of carbonyl (C=O) groups excluding carboxylic acids is 1. The van der Waals surface area contributed by atoms with E-state index in [1.54, 1.807) is 0 Å². The van der Waals surface area contributed by atoms with Crippen LogP contribution in [0.2, 0.25) is 0 Å². The highest BCUT2D eigenvalue weighted by atomic mass is 79.9. The van der Waals surface area contributed by atoms with Gasteiger partial charge in [0, 0.05) is 16.7 Å². The van der Waals surface area contributed by atoms with Crippen LogP contribution in [-0.2, 0) is 4.79 Å². The average molecular weight is 327 g/mol.